The molecule has 19 aromatic carbocycles. The van der Waals surface area contributed by atoms with E-state index in [4.69, 9.17) is 9.97 Å². The predicted molar refractivity (Wildman–Crippen MR) is 462 cm³/mol. The van der Waals surface area contributed by atoms with E-state index in [0.29, 0.717) is 0 Å². The van der Waals surface area contributed by atoms with Crippen molar-refractivity contribution in [3.8, 4) is 145 Å². The lowest BCUT2D eigenvalue weighted by molar-refractivity contribution is 1.10. The minimum Gasteiger partial charge on any atom is -0.292 e. The zero-order valence-corrected chi connectivity index (χ0v) is 59.9. The molecule has 21 aromatic rings. The minimum atomic E-state index is 0.905. The second kappa shape index (κ2) is 25.6. The van der Waals surface area contributed by atoms with E-state index >= 15 is 0 Å². The van der Waals surface area contributed by atoms with Crippen LogP contribution >= 0.6 is 0 Å². The predicted octanol–water partition coefficient (Wildman–Crippen LogP) is 28.4. The van der Waals surface area contributed by atoms with Gasteiger partial charge >= 0.3 is 0 Å². The van der Waals surface area contributed by atoms with Crippen molar-refractivity contribution in [2.24, 2.45) is 0 Å². The topological polar surface area (TPSA) is 35.6 Å². The highest BCUT2D eigenvalue weighted by atomic mass is 15.1. The Hall–Kier alpha value is -14.6. The highest BCUT2D eigenvalue weighted by Gasteiger charge is 2.35. The number of benzene rings is 19. The summed E-state index contributed by atoms with van der Waals surface area (Å²) in [6.07, 6.45) is 0. The standard InChI is InChI=1S/C106H66N4/c1-4-19-67(20-5-1)68-35-45-75(46-36-68)88-63-64-93-102-91(88)29-18-30-92(102)103-100(82-59-61-89-80(65-82)57-47-73-21-10-12-27-86(73)89)98(76-49-37-69(38-50-76)71-41-53-78(54-42-71)105-107-94-31-14-16-33-96(94)109(105)84-23-6-2-7-24-84)99(101(104(93)103)83-60-62-90-81(66-83)58-48-74-22-11-13-28-87(74)90)77-51-39-70(40-52-77)72-43-55-79(56-44-72)106-108-95-32-15-17-34-97(95)110(106)85-25-8-3-9-26-85/h1-66H. The molecule has 4 nitrogen and oxygen atoms in total. The third kappa shape index (κ3) is 10.3. The summed E-state index contributed by atoms with van der Waals surface area (Å²) >= 11 is 0. The molecule has 110 heavy (non-hydrogen) atoms. The van der Waals surface area contributed by atoms with Gasteiger partial charge in [0, 0.05) is 22.5 Å². The fourth-order valence-corrected chi connectivity index (χ4v) is 17.7. The van der Waals surface area contributed by atoms with Gasteiger partial charge in [-0.2, -0.15) is 0 Å². The first-order valence-electron chi connectivity index (χ1n) is 37.8. The van der Waals surface area contributed by atoms with Gasteiger partial charge in [-0.3, -0.25) is 9.13 Å². The average molecular weight is 1400 g/mol. The molecule has 1 aliphatic rings. The van der Waals surface area contributed by atoms with Crippen LogP contribution in [0.2, 0.25) is 0 Å². The number of para-hydroxylation sites is 6. The van der Waals surface area contributed by atoms with Crippen molar-refractivity contribution in [1.82, 2.24) is 19.1 Å². The van der Waals surface area contributed by atoms with E-state index in [1.54, 1.807) is 0 Å². The zero-order chi connectivity index (χ0) is 72.3. The minimum absolute atomic E-state index is 0.905. The van der Waals surface area contributed by atoms with E-state index in [0.717, 1.165) is 101 Å². The maximum absolute atomic E-state index is 5.25. The molecule has 0 aliphatic heterocycles. The van der Waals surface area contributed by atoms with Crippen LogP contribution in [0, 0.1) is 0 Å². The van der Waals surface area contributed by atoms with Crippen LogP contribution in [-0.2, 0) is 0 Å². The Bertz CT molecular complexity index is 6880. The molecule has 2 heterocycles. The van der Waals surface area contributed by atoms with Crippen molar-refractivity contribution >= 4 is 75.9 Å². The van der Waals surface area contributed by atoms with Crippen molar-refractivity contribution < 1.29 is 0 Å². The largest absolute Gasteiger partial charge is 0.292 e. The van der Waals surface area contributed by atoms with E-state index in [-0.39, 0.29) is 0 Å². The van der Waals surface area contributed by atoms with Crippen molar-refractivity contribution in [2.45, 2.75) is 0 Å². The Morgan fingerprint density at radius 1 is 0.173 bits per heavy atom. The fraction of sp³-hybridized carbons (Fsp3) is 0. The normalized spacial score (nSPS) is 11.8. The number of rotatable bonds is 12. The molecule has 0 spiro atoms. The summed E-state index contributed by atoms with van der Waals surface area (Å²) in [5.41, 5.74) is 31.7. The molecule has 510 valence electrons. The van der Waals surface area contributed by atoms with Crippen LogP contribution in [-0.4, -0.2) is 19.1 Å². The summed E-state index contributed by atoms with van der Waals surface area (Å²) in [5, 5.41) is 12.2. The maximum Gasteiger partial charge on any atom is 0.145 e. The summed E-state index contributed by atoms with van der Waals surface area (Å²) in [6, 6.07) is 148. The quantitative estimate of drug-likeness (QED) is 0.114. The molecule has 0 fully saturated rings. The van der Waals surface area contributed by atoms with E-state index in [1.807, 2.05) is 0 Å². The summed E-state index contributed by atoms with van der Waals surface area (Å²) in [6.45, 7) is 0. The first-order chi connectivity index (χ1) is 54.5. The third-order valence-corrected chi connectivity index (χ3v) is 22.9. The number of hydrogen-bond acceptors (Lipinski definition) is 2. The maximum atomic E-state index is 5.25. The van der Waals surface area contributed by atoms with Crippen LogP contribution in [0.4, 0.5) is 0 Å². The van der Waals surface area contributed by atoms with Crippen LogP contribution in [0.25, 0.3) is 221 Å². The van der Waals surface area contributed by atoms with Crippen LogP contribution in [0.1, 0.15) is 0 Å². The monoisotopic (exact) mass is 1390 g/mol. The van der Waals surface area contributed by atoms with E-state index in [9.17, 15) is 0 Å². The van der Waals surface area contributed by atoms with Gasteiger partial charge in [-0.25, -0.2) is 9.97 Å². The third-order valence-electron chi connectivity index (χ3n) is 22.9. The Kier molecular flexibility index (Phi) is 14.6. The molecule has 2 aromatic heterocycles. The molecule has 0 saturated carbocycles. The number of fused-ring (bicyclic) bond motifs is 11. The molecule has 0 N–H and O–H groups in total. The van der Waals surface area contributed by atoms with E-state index < -0.39 is 0 Å². The summed E-state index contributed by atoms with van der Waals surface area (Å²) in [5.74, 6) is 1.81. The van der Waals surface area contributed by atoms with Gasteiger partial charge in [0.05, 0.1) is 22.1 Å². The van der Waals surface area contributed by atoms with Crippen LogP contribution < -0.4 is 0 Å². The lowest BCUT2D eigenvalue weighted by atomic mass is 9.76. The highest BCUT2D eigenvalue weighted by Crippen LogP contribution is 2.62. The lowest BCUT2D eigenvalue weighted by Crippen LogP contribution is -2.00. The molecule has 0 atom stereocenters. The molecule has 0 saturated heterocycles. The van der Waals surface area contributed by atoms with Crippen LogP contribution in [0.15, 0.2) is 400 Å². The van der Waals surface area contributed by atoms with Gasteiger partial charge in [0.25, 0.3) is 0 Å². The Labute approximate surface area is 636 Å². The van der Waals surface area contributed by atoms with Gasteiger partial charge in [0.15, 0.2) is 0 Å². The summed E-state index contributed by atoms with van der Waals surface area (Å²) in [4.78, 5) is 10.5. The highest BCUT2D eigenvalue weighted by molar-refractivity contribution is 6.28. The first kappa shape index (κ1) is 62.8. The Balaban J connectivity index is 0.786. The van der Waals surface area contributed by atoms with Crippen molar-refractivity contribution in [2.75, 3.05) is 0 Å². The molecule has 0 radical (unpaired) electrons. The molecular formula is C106H66N4. The SMILES string of the molecule is c1ccc(-c2ccc(-c3ccc4c5c(cccc35)-c3c(-c5ccc6c(ccc7ccccc76)c5)c(-c5ccc(-c6ccc(-c7nc8ccccc8n7-c7ccccc7)cc6)cc5)c(-c5ccc(-c6ccc(-c7nc8ccccc8n7-c7ccccc7)cc6)cc5)c(-c5ccc6c(ccc7ccccc76)c5)c3-4)cc2)cc1. The molecular weight excluding hydrogens is 1330 g/mol. The number of nitrogens with zero attached hydrogens (tertiary/aromatic N) is 4. The fourth-order valence-electron chi connectivity index (χ4n) is 17.7. The lowest BCUT2D eigenvalue weighted by Gasteiger charge is -2.27. The van der Waals surface area contributed by atoms with Crippen molar-refractivity contribution in [3.05, 3.63) is 400 Å². The van der Waals surface area contributed by atoms with Gasteiger partial charge in [-0.15, -0.1) is 0 Å². The molecule has 4 heteroatoms. The first-order valence-corrected chi connectivity index (χ1v) is 37.8. The Morgan fingerprint density at radius 2 is 0.491 bits per heavy atom. The molecule has 1 aliphatic carbocycles. The number of imidazole rings is 2. The molecule has 0 amide bonds. The van der Waals surface area contributed by atoms with Gasteiger partial charge in [-0.1, -0.05) is 340 Å². The summed E-state index contributed by atoms with van der Waals surface area (Å²) in [7, 11) is 0. The smallest absolute Gasteiger partial charge is 0.145 e. The second-order valence-corrected chi connectivity index (χ2v) is 29.0. The number of hydrogen-bond donors (Lipinski definition) is 0. The second-order valence-electron chi connectivity index (χ2n) is 29.0. The Morgan fingerprint density at radius 3 is 0.955 bits per heavy atom. The van der Waals surface area contributed by atoms with Crippen molar-refractivity contribution in [3.63, 3.8) is 0 Å². The van der Waals surface area contributed by atoms with Crippen LogP contribution in [0.3, 0.4) is 0 Å². The van der Waals surface area contributed by atoms with E-state index in [1.165, 1.54) is 121 Å². The average Bonchev–Trinajstić information content (AvgIpc) is 1.51. The summed E-state index contributed by atoms with van der Waals surface area (Å²) < 4.78 is 4.55. The zero-order valence-electron chi connectivity index (χ0n) is 59.9. The molecule has 0 unspecified atom stereocenters. The molecule has 0 bridgehead atoms. The van der Waals surface area contributed by atoms with Gasteiger partial charge in [0.1, 0.15) is 11.6 Å². The van der Waals surface area contributed by atoms with E-state index in [2.05, 4.69) is 410 Å². The van der Waals surface area contributed by atoms with Crippen LogP contribution in [0.5, 0.6) is 0 Å². The van der Waals surface area contributed by atoms with Gasteiger partial charge in [-0.05, 0) is 226 Å². The number of aromatic nitrogens is 4. The molecule has 22 rings (SSSR count). The van der Waals surface area contributed by atoms with Gasteiger partial charge < -0.3 is 0 Å². The van der Waals surface area contributed by atoms with Crippen molar-refractivity contribution in [1.29, 1.82) is 0 Å². The van der Waals surface area contributed by atoms with Gasteiger partial charge in [0.2, 0.25) is 0 Å².